The summed E-state index contributed by atoms with van der Waals surface area (Å²) in [5, 5.41) is 2.98. The molecule has 2 aliphatic rings. The second-order valence-corrected chi connectivity index (χ2v) is 10.3. The van der Waals surface area contributed by atoms with Gasteiger partial charge in [-0.1, -0.05) is 23.2 Å². The molecule has 0 aromatic heterocycles. The molecule has 1 N–H and O–H groups in total. The van der Waals surface area contributed by atoms with Gasteiger partial charge in [0.25, 0.3) is 5.91 Å². The van der Waals surface area contributed by atoms with Gasteiger partial charge in [-0.25, -0.2) is 0 Å². The highest BCUT2D eigenvalue weighted by Gasteiger charge is 2.61. The summed E-state index contributed by atoms with van der Waals surface area (Å²) < 4.78 is 59.1. The quantitative estimate of drug-likeness (QED) is 0.666. The smallest absolute Gasteiger partial charge is 0.347 e. The normalized spacial score (nSPS) is 25.5. The first-order chi connectivity index (χ1) is 15.0. The maximum Gasteiger partial charge on any atom is 0.423 e. The average molecular weight is 507 g/mol. The van der Waals surface area contributed by atoms with Gasteiger partial charge in [-0.05, 0) is 54.4 Å². The minimum atomic E-state index is -4.71. The van der Waals surface area contributed by atoms with E-state index in [0.29, 0.717) is 28.3 Å². The highest BCUT2D eigenvalue weighted by Crippen LogP contribution is 2.48. The number of ether oxygens (including phenoxy) is 1. The molecular weight excluding hydrogens is 488 g/mol. The third-order valence-electron chi connectivity index (χ3n) is 5.60. The van der Waals surface area contributed by atoms with Crippen LogP contribution in [0.5, 0.6) is 0 Å². The number of hydrogen-bond donors (Lipinski definition) is 1. The Kier molecular flexibility index (Phi) is 6.21. The van der Waals surface area contributed by atoms with E-state index in [0.717, 1.165) is 0 Å². The summed E-state index contributed by atoms with van der Waals surface area (Å²) in [7, 11) is -0.883. The molecule has 2 fully saturated rings. The molecular formula is C21H19Cl2F3N2O3S. The lowest BCUT2D eigenvalue weighted by molar-refractivity contribution is -0.264. The van der Waals surface area contributed by atoms with Crippen LogP contribution >= 0.6 is 23.2 Å². The van der Waals surface area contributed by atoms with Crippen LogP contribution in [0.4, 0.5) is 18.9 Å². The number of rotatable bonds is 4. The Balaban J connectivity index is 1.58. The Morgan fingerprint density at radius 1 is 1.19 bits per heavy atom. The van der Waals surface area contributed by atoms with Crippen LogP contribution in [0.15, 0.2) is 36.4 Å². The maximum absolute atomic E-state index is 14.2. The standard InChI is InChI=1S/C21H19Cl2F3N2O3S/c1-12-4-17(2-3-18(12)19(29)27-16-8-32(30)9-16)28-10-20(31-11-28,21(24,25)26)13-5-14(22)7-15(23)6-13/h2-7,16H,8-11H2,1H3,(H,27,29). The van der Waals surface area contributed by atoms with Gasteiger partial charge in [-0.3, -0.25) is 9.00 Å². The predicted molar refractivity (Wildman–Crippen MR) is 118 cm³/mol. The van der Waals surface area contributed by atoms with E-state index in [-0.39, 0.29) is 34.3 Å². The average Bonchev–Trinajstić information content (AvgIpc) is 3.12. The number of benzene rings is 2. The van der Waals surface area contributed by atoms with Crippen molar-refractivity contribution in [3.05, 3.63) is 63.1 Å². The van der Waals surface area contributed by atoms with Gasteiger partial charge in [0.2, 0.25) is 5.60 Å². The second-order valence-electron chi connectivity index (χ2n) is 7.90. The summed E-state index contributed by atoms with van der Waals surface area (Å²) in [4.78, 5) is 13.9. The summed E-state index contributed by atoms with van der Waals surface area (Å²) in [6.07, 6.45) is -4.71. The van der Waals surface area contributed by atoms with Gasteiger partial charge in [-0.15, -0.1) is 0 Å². The molecule has 4 rings (SSSR count). The topological polar surface area (TPSA) is 58.6 Å². The lowest BCUT2D eigenvalue weighted by Gasteiger charge is -2.31. The zero-order chi connectivity index (χ0) is 23.3. The molecule has 172 valence electrons. The number of aryl methyl sites for hydroxylation is 1. The Morgan fingerprint density at radius 3 is 2.41 bits per heavy atom. The molecule has 0 radical (unpaired) electrons. The summed E-state index contributed by atoms with van der Waals surface area (Å²) in [5.74, 6) is 0.564. The zero-order valence-electron chi connectivity index (χ0n) is 16.8. The van der Waals surface area contributed by atoms with E-state index in [1.165, 1.54) is 23.1 Å². The Morgan fingerprint density at radius 2 is 1.84 bits per heavy atom. The minimum Gasteiger partial charge on any atom is -0.347 e. The number of alkyl halides is 3. The fourth-order valence-corrected chi connectivity index (χ4v) is 5.35. The summed E-state index contributed by atoms with van der Waals surface area (Å²) >= 11 is 11.9. The van der Waals surface area contributed by atoms with Crippen molar-refractivity contribution < 1.29 is 26.9 Å². The molecule has 0 aliphatic carbocycles. The maximum atomic E-state index is 14.2. The van der Waals surface area contributed by atoms with Crippen LogP contribution in [-0.2, 0) is 21.1 Å². The van der Waals surface area contributed by atoms with Gasteiger partial charge in [0.1, 0.15) is 6.73 Å². The molecule has 32 heavy (non-hydrogen) atoms. The van der Waals surface area contributed by atoms with E-state index in [4.69, 9.17) is 27.9 Å². The Labute approximate surface area is 195 Å². The van der Waals surface area contributed by atoms with E-state index in [1.807, 2.05) is 0 Å². The number of amides is 1. The molecule has 1 unspecified atom stereocenters. The molecule has 2 heterocycles. The predicted octanol–water partition coefficient (Wildman–Crippen LogP) is 4.41. The Bertz CT molecular complexity index is 1070. The number of hydrogen-bond acceptors (Lipinski definition) is 4. The molecule has 0 spiro atoms. The van der Waals surface area contributed by atoms with Crippen LogP contribution in [0.1, 0.15) is 21.5 Å². The van der Waals surface area contributed by atoms with Crippen LogP contribution in [0.2, 0.25) is 10.0 Å². The third kappa shape index (κ3) is 4.35. The SMILES string of the molecule is Cc1cc(N2COC(c3cc(Cl)cc(Cl)c3)(C(F)(F)F)C2)ccc1C(=O)NC1CS(=O)C1. The van der Waals surface area contributed by atoms with Gasteiger partial charge < -0.3 is 15.0 Å². The van der Waals surface area contributed by atoms with E-state index in [9.17, 15) is 22.2 Å². The van der Waals surface area contributed by atoms with E-state index >= 15 is 0 Å². The highest BCUT2D eigenvalue weighted by atomic mass is 35.5. The van der Waals surface area contributed by atoms with Crippen molar-refractivity contribution in [3.8, 4) is 0 Å². The van der Waals surface area contributed by atoms with Gasteiger partial charge in [0.15, 0.2) is 0 Å². The van der Waals surface area contributed by atoms with Gasteiger partial charge in [0.05, 0.1) is 12.6 Å². The first-order valence-electron chi connectivity index (χ1n) is 9.67. The van der Waals surface area contributed by atoms with Gasteiger partial charge >= 0.3 is 6.18 Å². The monoisotopic (exact) mass is 506 g/mol. The minimum absolute atomic E-state index is 0.0830. The summed E-state index contributed by atoms with van der Waals surface area (Å²) in [6, 6.07) is 8.45. The van der Waals surface area contributed by atoms with Crippen molar-refractivity contribution >= 4 is 45.6 Å². The first-order valence-corrected chi connectivity index (χ1v) is 11.9. The van der Waals surface area contributed by atoms with E-state index < -0.39 is 29.1 Å². The third-order valence-corrected chi connectivity index (χ3v) is 7.58. The van der Waals surface area contributed by atoms with Crippen LogP contribution < -0.4 is 10.2 Å². The van der Waals surface area contributed by atoms with Crippen molar-refractivity contribution in [2.24, 2.45) is 0 Å². The van der Waals surface area contributed by atoms with Gasteiger partial charge in [0, 0.05) is 43.6 Å². The summed E-state index contributed by atoms with van der Waals surface area (Å²) in [6.45, 7) is 0.913. The number of nitrogens with zero attached hydrogens (tertiary/aromatic N) is 1. The molecule has 5 nitrogen and oxygen atoms in total. The largest absolute Gasteiger partial charge is 0.423 e. The zero-order valence-corrected chi connectivity index (χ0v) is 19.2. The number of anilines is 1. The molecule has 2 saturated heterocycles. The molecule has 11 heteroatoms. The fourth-order valence-electron chi connectivity index (χ4n) is 3.86. The molecule has 0 bridgehead atoms. The molecule has 2 aliphatic heterocycles. The first kappa shape index (κ1) is 23.4. The van der Waals surface area contributed by atoms with Crippen molar-refractivity contribution in [2.75, 3.05) is 29.7 Å². The lowest BCUT2D eigenvalue weighted by Crippen LogP contribution is -2.50. The fraction of sp³-hybridized carbons (Fsp3) is 0.381. The van der Waals surface area contributed by atoms with Crippen molar-refractivity contribution in [1.82, 2.24) is 5.32 Å². The molecule has 0 saturated carbocycles. The number of nitrogens with one attached hydrogen (secondary N) is 1. The van der Waals surface area contributed by atoms with Crippen molar-refractivity contribution in [3.63, 3.8) is 0 Å². The van der Waals surface area contributed by atoms with Crippen molar-refractivity contribution in [1.29, 1.82) is 0 Å². The van der Waals surface area contributed by atoms with Crippen LogP contribution in [-0.4, -0.2) is 47.1 Å². The van der Waals surface area contributed by atoms with E-state index in [1.54, 1.807) is 25.1 Å². The Hall–Kier alpha value is -1.81. The second kappa shape index (κ2) is 8.52. The molecule has 2 aromatic rings. The molecule has 1 amide bonds. The number of carbonyl (C=O) groups excluding carboxylic acids is 1. The van der Waals surface area contributed by atoms with Gasteiger partial charge in [-0.2, -0.15) is 13.2 Å². The summed E-state index contributed by atoms with van der Waals surface area (Å²) in [5.41, 5.74) is -1.25. The van der Waals surface area contributed by atoms with Crippen LogP contribution in [0.3, 0.4) is 0 Å². The van der Waals surface area contributed by atoms with Crippen LogP contribution in [0, 0.1) is 6.92 Å². The number of halogens is 5. The number of carbonyl (C=O) groups is 1. The van der Waals surface area contributed by atoms with Crippen molar-refractivity contribution in [2.45, 2.75) is 24.7 Å². The highest BCUT2D eigenvalue weighted by molar-refractivity contribution is 7.86. The lowest BCUT2D eigenvalue weighted by atomic mass is 9.92. The van der Waals surface area contributed by atoms with Crippen LogP contribution in [0.25, 0.3) is 0 Å². The molecule has 1 atom stereocenters. The van der Waals surface area contributed by atoms with E-state index in [2.05, 4.69) is 5.32 Å². The molecule has 2 aromatic carbocycles.